The van der Waals surface area contributed by atoms with E-state index in [2.05, 4.69) is 4.72 Å². The van der Waals surface area contributed by atoms with Gasteiger partial charge in [0, 0.05) is 6.92 Å². The summed E-state index contributed by atoms with van der Waals surface area (Å²) in [6, 6.07) is 34.9. The van der Waals surface area contributed by atoms with Crippen molar-refractivity contribution in [1.82, 2.24) is 4.72 Å². The Morgan fingerprint density at radius 3 is 1.85 bits per heavy atom. The number of carbonyl (C=O) groups excluding carboxylic acids is 1. The molecule has 0 amide bonds. The monoisotopic (exact) mass is 759 g/mol. The maximum absolute atomic E-state index is 14.0. The number of rotatable bonds is 17. The zero-order chi connectivity index (χ0) is 37.8. The third-order valence-corrected chi connectivity index (χ3v) is 10.4. The number of hydrogen-bond acceptors (Lipinski definition) is 11. The van der Waals surface area contributed by atoms with E-state index in [9.17, 15) is 18.3 Å². The van der Waals surface area contributed by atoms with Crippen LogP contribution < -0.4 is 4.72 Å². The second-order valence-corrected chi connectivity index (χ2v) is 14.6. The minimum Gasteiger partial charge on any atom is -0.493 e. The molecule has 0 unspecified atom stereocenters. The molecule has 2 N–H and O–H groups in total. The third kappa shape index (κ3) is 10.6. The summed E-state index contributed by atoms with van der Waals surface area (Å²) in [7, 11) is -4.24. The predicted octanol–water partition coefficient (Wildman–Crippen LogP) is 4.67. The Hall–Kier alpha value is -4.44. The lowest BCUT2D eigenvalue weighted by Gasteiger charge is -2.47. The van der Waals surface area contributed by atoms with Crippen molar-refractivity contribution in [3.8, 4) is 0 Å². The Morgan fingerprint density at radius 1 is 0.722 bits per heavy atom. The molecule has 4 aromatic rings. The van der Waals surface area contributed by atoms with E-state index in [0.717, 1.165) is 16.7 Å². The summed E-state index contributed by atoms with van der Waals surface area (Å²) in [5.74, 6) is -0.630. The van der Waals surface area contributed by atoms with Crippen molar-refractivity contribution in [3.63, 3.8) is 0 Å². The number of aliphatic hydroxyl groups is 1. The smallest absolute Gasteiger partial charge is 0.303 e. The second-order valence-electron chi connectivity index (χ2n) is 12.9. The molecule has 0 aliphatic carbocycles. The number of carbonyl (C=O) groups is 1. The van der Waals surface area contributed by atoms with E-state index in [0.29, 0.717) is 0 Å². The fraction of sp³-hybridized carbons (Fsp3) is 0.341. The highest BCUT2D eigenvalue weighted by Gasteiger charge is 2.52. The van der Waals surface area contributed by atoms with Crippen LogP contribution in [0.25, 0.3) is 0 Å². The van der Waals surface area contributed by atoms with Crippen LogP contribution in [0.15, 0.2) is 139 Å². The van der Waals surface area contributed by atoms with Gasteiger partial charge in [0.25, 0.3) is 0 Å². The average molecular weight is 760 g/mol. The molecule has 13 heteroatoms. The van der Waals surface area contributed by atoms with Gasteiger partial charge in [-0.25, -0.2) is 13.1 Å². The zero-order valence-electron chi connectivity index (χ0n) is 29.8. The maximum Gasteiger partial charge on any atom is 0.303 e. The Morgan fingerprint density at radius 2 is 1.28 bits per heavy atom. The largest absolute Gasteiger partial charge is 0.493 e. The summed E-state index contributed by atoms with van der Waals surface area (Å²) in [6.07, 6.45) is -4.21. The number of ether oxygens (including phenoxy) is 7. The van der Waals surface area contributed by atoms with Gasteiger partial charge in [-0.2, -0.15) is 0 Å². The zero-order valence-corrected chi connectivity index (χ0v) is 30.6. The molecule has 1 saturated heterocycles. The summed E-state index contributed by atoms with van der Waals surface area (Å²) in [6.45, 7) is 1.22. The van der Waals surface area contributed by atoms with Crippen molar-refractivity contribution in [2.75, 3.05) is 13.2 Å². The van der Waals surface area contributed by atoms with Gasteiger partial charge in [-0.3, -0.25) is 4.79 Å². The lowest BCUT2D eigenvalue weighted by molar-refractivity contribution is -0.308. The standard InChI is InChI=1S/C41H45NO11S/c1-29(44)51-39-36(28-47-25-30-14-6-2-7-15-30)52-41(53-38-34(22-23-48-35(38)24-43)49-26-31-16-8-3-9-17-31)37(40(39)50-27-32-18-10-4-11-19-32)42-54(45,46)33-20-12-5-13-21-33/h2-23,34-43H,24-28H2,1H3/t34-,35-,36-,37-,38+,39-,40-,41+/m1/s1. The Kier molecular flexibility index (Phi) is 14.0. The van der Waals surface area contributed by atoms with Crippen molar-refractivity contribution < 1.29 is 51.5 Å². The quantitative estimate of drug-likeness (QED) is 0.145. The number of nitrogens with one attached hydrogen (secondary N) is 1. The van der Waals surface area contributed by atoms with Gasteiger partial charge in [-0.15, -0.1) is 0 Å². The summed E-state index contributed by atoms with van der Waals surface area (Å²) in [5.41, 5.74) is 2.62. The predicted molar refractivity (Wildman–Crippen MR) is 197 cm³/mol. The van der Waals surface area contributed by atoms with Crippen LogP contribution in [0.3, 0.4) is 0 Å². The van der Waals surface area contributed by atoms with Gasteiger partial charge in [0.05, 0.1) is 44.2 Å². The van der Waals surface area contributed by atoms with E-state index in [1.54, 1.807) is 24.3 Å². The van der Waals surface area contributed by atoms with E-state index in [-0.39, 0.29) is 31.3 Å². The highest BCUT2D eigenvalue weighted by Crippen LogP contribution is 2.32. The Bertz CT molecular complexity index is 1870. The van der Waals surface area contributed by atoms with Crippen molar-refractivity contribution in [3.05, 3.63) is 150 Å². The first-order chi connectivity index (χ1) is 26.3. The van der Waals surface area contributed by atoms with E-state index < -0.39 is 71.6 Å². The number of benzene rings is 4. The van der Waals surface area contributed by atoms with Crippen LogP contribution in [0.4, 0.5) is 0 Å². The van der Waals surface area contributed by atoms with Crippen molar-refractivity contribution >= 4 is 16.0 Å². The molecule has 0 saturated carbocycles. The van der Waals surface area contributed by atoms with E-state index in [1.165, 1.54) is 25.3 Å². The molecule has 2 aliphatic heterocycles. The highest BCUT2D eigenvalue weighted by molar-refractivity contribution is 7.89. The summed E-state index contributed by atoms with van der Waals surface area (Å²) in [5, 5.41) is 10.4. The topological polar surface area (TPSA) is 148 Å². The highest BCUT2D eigenvalue weighted by atomic mass is 32.2. The van der Waals surface area contributed by atoms with Crippen molar-refractivity contribution in [1.29, 1.82) is 0 Å². The van der Waals surface area contributed by atoms with Gasteiger partial charge in [0.1, 0.15) is 36.6 Å². The van der Waals surface area contributed by atoms with Crippen LogP contribution in [-0.4, -0.2) is 81.7 Å². The van der Waals surface area contributed by atoms with Crippen LogP contribution in [0.2, 0.25) is 0 Å². The van der Waals surface area contributed by atoms with Crippen LogP contribution in [0, 0.1) is 0 Å². The molecular formula is C41H45NO11S. The molecule has 8 atom stereocenters. The fourth-order valence-electron chi connectivity index (χ4n) is 6.30. The molecule has 2 heterocycles. The Balaban J connectivity index is 1.36. The second kappa shape index (κ2) is 19.2. The van der Waals surface area contributed by atoms with Gasteiger partial charge >= 0.3 is 5.97 Å². The molecule has 6 rings (SSSR count). The number of sulfonamides is 1. The Labute approximate surface area is 315 Å². The van der Waals surface area contributed by atoms with Crippen molar-refractivity contribution in [2.24, 2.45) is 0 Å². The van der Waals surface area contributed by atoms with E-state index >= 15 is 0 Å². The van der Waals surface area contributed by atoms with Gasteiger partial charge in [0.15, 0.2) is 12.4 Å². The number of hydrogen-bond donors (Lipinski definition) is 2. The van der Waals surface area contributed by atoms with Crippen LogP contribution in [-0.2, 0) is 67.8 Å². The van der Waals surface area contributed by atoms with Crippen LogP contribution >= 0.6 is 0 Å². The molecule has 1 fully saturated rings. The van der Waals surface area contributed by atoms with Gasteiger partial charge in [-0.05, 0) is 34.9 Å². The lowest BCUT2D eigenvalue weighted by Crippen LogP contribution is -2.67. The van der Waals surface area contributed by atoms with Gasteiger partial charge in [0.2, 0.25) is 10.0 Å². The molecule has 12 nitrogen and oxygen atoms in total. The molecule has 0 bridgehead atoms. The number of esters is 1. The summed E-state index contributed by atoms with van der Waals surface area (Å²) >= 11 is 0. The molecule has 0 spiro atoms. The van der Waals surface area contributed by atoms with Gasteiger partial charge < -0.3 is 38.3 Å². The average Bonchev–Trinajstić information content (AvgIpc) is 3.19. The molecule has 2 aliphatic rings. The minimum atomic E-state index is -4.24. The molecule has 0 radical (unpaired) electrons. The molecule has 286 valence electrons. The van der Waals surface area contributed by atoms with Crippen LogP contribution in [0.1, 0.15) is 23.6 Å². The summed E-state index contributed by atoms with van der Waals surface area (Å²) < 4.78 is 74.6. The van der Waals surface area contributed by atoms with Crippen LogP contribution in [0.5, 0.6) is 0 Å². The van der Waals surface area contributed by atoms with Gasteiger partial charge in [-0.1, -0.05) is 109 Å². The normalized spacial score (nSPS) is 25.4. The van der Waals surface area contributed by atoms with Crippen molar-refractivity contribution in [2.45, 2.75) is 80.6 Å². The molecule has 0 aromatic heterocycles. The first-order valence-corrected chi connectivity index (χ1v) is 19.2. The number of aliphatic hydroxyl groups excluding tert-OH is 1. The minimum absolute atomic E-state index is 0.0100. The first-order valence-electron chi connectivity index (χ1n) is 17.7. The molecule has 4 aromatic carbocycles. The SMILES string of the molecule is CC(=O)O[C@H]1[C@H](OCc2ccccc2)[C@@H](NS(=O)(=O)c2ccccc2)[C@H](O[C@H]2[C@H](OCc3ccccc3)C=CO[C@@H]2CO)O[C@@H]1COCc1ccccc1. The maximum atomic E-state index is 14.0. The van der Waals surface area contributed by atoms with E-state index in [1.807, 2.05) is 91.0 Å². The lowest BCUT2D eigenvalue weighted by atomic mass is 9.96. The summed E-state index contributed by atoms with van der Waals surface area (Å²) in [4.78, 5) is 12.7. The fourth-order valence-corrected chi connectivity index (χ4v) is 7.55. The van der Waals surface area contributed by atoms with E-state index in [4.69, 9.17) is 33.2 Å². The first kappa shape index (κ1) is 39.3. The molecular weight excluding hydrogens is 715 g/mol. The molecule has 54 heavy (non-hydrogen) atoms. The third-order valence-electron chi connectivity index (χ3n) is 8.94.